The lowest BCUT2D eigenvalue weighted by Crippen LogP contribution is -1.96. The number of carbonyl (C=O) groups excluding carboxylic acids is 1. The van der Waals surface area contributed by atoms with E-state index in [-0.39, 0.29) is 5.78 Å². The van der Waals surface area contributed by atoms with Crippen LogP contribution in [0.25, 0.3) is 16.6 Å². The van der Waals surface area contributed by atoms with Crippen molar-refractivity contribution in [3.05, 3.63) is 77.3 Å². The molecule has 0 radical (unpaired) electrons. The van der Waals surface area contributed by atoms with Crippen LogP contribution in [0.15, 0.2) is 66.1 Å². The first kappa shape index (κ1) is 16.1. The minimum Gasteiger partial charge on any atom is -0.487 e. The molecule has 1 aromatic heterocycles. The van der Waals surface area contributed by atoms with Crippen LogP contribution >= 0.6 is 11.3 Å². The molecule has 0 aliphatic heterocycles. The van der Waals surface area contributed by atoms with Gasteiger partial charge in [-0.05, 0) is 30.7 Å². The highest BCUT2D eigenvalue weighted by Crippen LogP contribution is 2.24. The van der Waals surface area contributed by atoms with Gasteiger partial charge in [-0.1, -0.05) is 48.5 Å². The molecule has 3 aromatic rings. The van der Waals surface area contributed by atoms with E-state index in [0.717, 1.165) is 27.6 Å². The van der Waals surface area contributed by atoms with Gasteiger partial charge >= 0.3 is 0 Å². The third-order valence-electron chi connectivity index (χ3n) is 3.33. The molecule has 0 spiro atoms. The molecule has 0 aliphatic rings. The number of hydrogen-bond donors (Lipinski definition) is 0. The van der Waals surface area contributed by atoms with E-state index in [1.54, 1.807) is 23.5 Å². The molecule has 0 fully saturated rings. The molecular formula is C20H17NO2S. The number of allylic oxidation sites excluding steroid dienone is 1. The summed E-state index contributed by atoms with van der Waals surface area (Å²) in [5, 5.41) is 3.01. The zero-order chi connectivity index (χ0) is 16.8. The van der Waals surface area contributed by atoms with E-state index in [1.807, 2.05) is 60.0 Å². The summed E-state index contributed by atoms with van der Waals surface area (Å²) >= 11 is 1.61. The Morgan fingerprint density at radius 1 is 1.17 bits per heavy atom. The minimum atomic E-state index is 0.0252. The average molecular weight is 335 g/mol. The molecule has 0 atom stereocenters. The normalized spacial score (nSPS) is 10.9. The molecule has 3 nitrogen and oxygen atoms in total. The van der Waals surface area contributed by atoms with Crippen molar-refractivity contribution in [1.82, 2.24) is 4.98 Å². The van der Waals surface area contributed by atoms with Gasteiger partial charge in [-0.3, -0.25) is 4.79 Å². The summed E-state index contributed by atoms with van der Waals surface area (Å²) in [5.41, 5.74) is 2.96. The van der Waals surface area contributed by atoms with Crippen molar-refractivity contribution < 1.29 is 9.53 Å². The van der Waals surface area contributed by atoms with E-state index >= 15 is 0 Å². The molecule has 0 unspecified atom stereocenters. The maximum atomic E-state index is 11.0. The first-order valence-electron chi connectivity index (χ1n) is 7.62. The number of ether oxygens (including phenoxy) is 1. The van der Waals surface area contributed by atoms with E-state index in [0.29, 0.717) is 6.61 Å². The fourth-order valence-corrected chi connectivity index (χ4v) is 2.98. The number of hydrogen-bond acceptors (Lipinski definition) is 4. The fourth-order valence-electron chi connectivity index (χ4n) is 2.17. The van der Waals surface area contributed by atoms with Crippen LogP contribution in [0.4, 0.5) is 0 Å². The molecule has 0 amide bonds. The maximum Gasteiger partial charge on any atom is 0.152 e. The van der Waals surface area contributed by atoms with Crippen LogP contribution < -0.4 is 4.74 Å². The highest BCUT2D eigenvalue weighted by molar-refractivity contribution is 7.13. The predicted octanol–water partition coefficient (Wildman–Crippen LogP) is 4.99. The van der Waals surface area contributed by atoms with E-state index < -0.39 is 0 Å². The second-order valence-corrected chi connectivity index (χ2v) is 6.17. The van der Waals surface area contributed by atoms with Crippen molar-refractivity contribution in [1.29, 1.82) is 0 Å². The van der Waals surface area contributed by atoms with Crippen molar-refractivity contribution in [2.75, 3.05) is 0 Å². The Kier molecular flexibility index (Phi) is 5.18. The van der Waals surface area contributed by atoms with Gasteiger partial charge in [-0.15, -0.1) is 11.3 Å². The predicted molar refractivity (Wildman–Crippen MR) is 98.0 cm³/mol. The quantitative estimate of drug-likeness (QED) is 0.596. The molecule has 4 heteroatoms. The van der Waals surface area contributed by atoms with Crippen LogP contribution in [0.5, 0.6) is 5.75 Å². The number of carbonyl (C=O) groups is 1. The molecule has 0 saturated carbocycles. The average Bonchev–Trinajstić information content (AvgIpc) is 3.08. The Morgan fingerprint density at radius 3 is 2.79 bits per heavy atom. The zero-order valence-corrected chi connectivity index (χ0v) is 14.1. The molecular weight excluding hydrogens is 318 g/mol. The molecule has 0 saturated heterocycles. The van der Waals surface area contributed by atoms with Crippen molar-refractivity contribution in [2.24, 2.45) is 0 Å². The summed E-state index contributed by atoms with van der Waals surface area (Å²) < 4.78 is 5.81. The smallest absolute Gasteiger partial charge is 0.152 e. The Bertz CT molecular complexity index is 853. The Labute approximate surface area is 145 Å². The van der Waals surface area contributed by atoms with Gasteiger partial charge in [-0.25, -0.2) is 4.98 Å². The number of aromatic nitrogens is 1. The molecule has 0 aliphatic carbocycles. The molecule has 0 N–H and O–H groups in total. The standard InChI is InChI=1S/C20H17NO2S/c1-15(22)10-11-16-6-5-9-19(12-16)23-13-18-14-24-20(21-18)17-7-3-2-4-8-17/h2-12,14H,13H2,1H3/b11-10+. The van der Waals surface area contributed by atoms with Gasteiger partial charge in [-0.2, -0.15) is 0 Å². The first-order chi connectivity index (χ1) is 11.7. The molecule has 24 heavy (non-hydrogen) atoms. The summed E-state index contributed by atoms with van der Waals surface area (Å²) in [4.78, 5) is 15.6. The highest BCUT2D eigenvalue weighted by Gasteiger charge is 2.05. The number of nitrogens with zero attached hydrogens (tertiary/aromatic N) is 1. The molecule has 2 aromatic carbocycles. The van der Waals surface area contributed by atoms with Gasteiger partial charge in [0.25, 0.3) is 0 Å². The number of rotatable bonds is 6. The van der Waals surface area contributed by atoms with Gasteiger partial charge in [0.1, 0.15) is 17.4 Å². The largest absolute Gasteiger partial charge is 0.487 e. The van der Waals surface area contributed by atoms with Crippen molar-refractivity contribution in [3.63, 3.8) is 0 Å². The van der Waals surface area contributed by atoms with Crippen LogP contribution in [0.3, 0.4) is 0 Å². The fraction of sp³-hybridized carbons (Fsp3) is 0.100. The minimum absolute atomic E-state index is 0.0252. The summed E-state index contributed by atoms with van der Waals surface area (Å²) in [5.74, 6) is 0.784. The number of benzene rings is 2. The van der Waals surface area contributed by atoms with Crippen LogP contribution in [-0.2, 0) is 11.4 Å². The molecule has 120 valence electrons. The number of ketones is 1. The molecule has 0 bridgehead atoms. The second-order valence-electron chi connectivity index (χ2n) is 5.32. The van der Waals surface area contributed by atoms with E-state index in [1.165, 1.54) is 6.92 Å². The van der Waals surface area contributed by atoms with Crippen LogP contribution in [0, 0.1) is 0 Å². The monoisotopic (exact) mass is 335 g/mol. The Morgan fingerprint density at radius 2 is 2.00 bits per heavy atom. The SMILES string of the molecule is CC(=O)/C=C/c1cccc(OCc2csc(-c3ccccc3)n2)c1. The second kappa shape index (κ2) is 7.70. The molecule has 1 heterocycles. The van der Waals surface area contributed by atoms with Crippen molar-refractivity contribution in [2.45, 2.75) is 13.5 Å². The lowest BCUT2D eigenvalue weighted by Gasteiger charge is -2.05. The van der Waals surface area contributed by atoms with Crippen LogP contribution in [-0.4, -0.2) is 10.8 Å². The lowest BCUT2D eigenvalue weighted by atomic mass is 10.2. The third kappa shape index (κ3) is 4.40. The molecule has 3 rings (SSSR count). The van der Waals surface area contributed by atoms with Gasteiger partial charge < -0.3 is 4.74 Å². The topological polar surface area (TPSA) is 39.2 Å². The van der Waals surface area contributed by atoms with Gasteiger partial charge in [0.2, 0.25) is 0 Å². The maximum absolute atomic E-state index is 11.0. The first-order valence-corrected chi connectivity index (χ1v) is 8.50. The summed E-state index contributed by atoms with van der Waals surface area (Å²) in [6.07, 6.45) is 3.33. The van der Waals surface area contributed by atoms with Crippen LogP contribution in [0.1, 0.15) is 18.2 Å². The third-order valence-corrected chi connectivity index (χ3v) is 4.27. The van der Waals surface area contributed by atoms with Gasteiger partial charge in [0.15, 0.2) is 5.78 Å². The lowest BCUT2D eigenvalue weighted by molar-refractivity contribution is -0.112. The van der Waals surface area contributed by atoms with Gasteiger partial charge in [0.05, 0.1) is 5.69 Å². The van der Waals surface area contributed by atoms with Crippen LogP contribution in [0.2, 0.25) is 0 Å². The summed E-state index contributed by atoms with van der Waals surface area (Å²) in [6, 6.07) is 17.8. The van der Waals surface area contributed by atoms with Crippen molar-refractivity contribution >= 4 is 23.2 Å². The zero-order valence-electron chi connectivity index (χ0n) is 13.3. The Balaban J connectivity index is 1.65. The summed E-state index contributed by atoms with van der Waals surface area (Å²) in [7, 11) is 0. The van der Waals surface area contributed by atoms with E-state index in [9.17, 15) is 4.79 Å². The Hall–Kier alpha value is -2.72. The van der Waals surface area contributed by atoms with Gasteiger partial charge in [0, 0.05) is 10.9 Å². The highest BCUT2D eigenvalue weighted by atomic mass is 32.1. The van der Waals surface area contributed by atoms with E-state index in [2.05, 4.69) is 4.98 Å². The number of thiazole rings is 1. The van der Waals surface area contributed by atoms with Crippen molar-refractivity contribution in [3.8, 4) is 16.3 Å². The van der Waals surface area contributed by atoms with E-state index in [4.69, 9.17) is 4.74 Å². The summed E-state index contributed by atoms with van der Waals surface area (Å²) in [6.45, 7) is 1.95.